The summed E-state index contributed by atoms with van der Waals surface area (Å²) in [6.07, 6.45) is 0.00704. The number of nitrogens with zero attached hydrogens (tertiary/aromatic N) is 5. The van der Waals surface area contributed by atoms with Gasteiger partial charge in [-0.15, -0.1) is 0 Å². The van der Waals surface area contributed by atoms with Gasteiger partial charge in [-0.2, -0.15) is 11.8 Å². The average molecular weight is 735 g/mol. The summed E-state index contributed by atoms with van der Waals surface area (Å²) < 4.78 is 16.1. The van der Waals surface area contributed by atoms with Crippen molar-refractivity contribution >= 4 is 46.9 Å². The molecule has 3 atom stereocenters. The van der Waals surface area contributed by atoms with Gasteiger partial charge in [0.2, 0.25) is 5.91 Å². The zero-order valence-electron chi connectivity index (χ0n) is 28.3. The molecule has 2 aliphatic rings. The van der Waals surface area contributed by atoms with Gasteiger partial charge in [-0.1, -0.05) is 12.1 Å². The Labute approximate surface area is 303 Å². The third-order valence-electron chi connectivity index (χ3n) is 8.63. The molecular formula is C35H38N6O10S. The SMILES string of the molecule is COc1ccc(CS[C@H]2C[C@@H](C(=O)N3CC[C@H](N=C(N)CC(=O)OCc4ccc([N+](=O)[O-])cc4)C3)N(C(=O)OCc3ccc([N+](=O)[O-])cc3)C2)cc1. The predicted octanol–water partition coefficient (Wildman–Crippen LogP) is 4.62. The van der Waals surface area contributed by atoms with Crippen LogP contribution in [0.25, 0.3) is 0 Å². The van der Waals surface area contributed by atoms with Gasteiger partial charge in [-0.25, -0.2) is 4.79 Å². The lowest BCUT2D eigenvalue weighted by molar-refractivity contribution is -0.385. The van der Waals surface area contributed by atoms with Gasteiger partial charge >= 0.3 is 12.1 Å². The van der Waals surface area contributed by atoms with Crippen molar-refractivity contribution in [1.82, 2.24) is 9.80 Å². The number of hydrogen-bond donors (Lipinski definition) is 1. The molecule has 2 amide bonds. The monoisotopic (exact) mass is 734 g/mol. The molecule has 3 aromatic rings. The first-order chi connectivity index (χ1) is 25.0. The second-order valence-corrected chi connectivity index (χ2v) is 13.6. The fourth-order valence-corrected chi connectivity index (χ4v) is 7.05. The zero-order valence-corrected chi connectivity index (χ0v) is 29.1. The maximum absolute atomic E-state index is 13.9. The molecule has 16 nitrogen and oxygen atoms in total. The zero-order chi connectivity index (χ0) is 37.2. The molecule has 0 spiro atoms. The number of amidine groups is 1. The number of carbonyl (C=O) groups excluding carboxylic acids is 3. The van der Waals surface area contributed by atoms with E-state index in [1.165, 1.54) is 53.4 Å². The van der Waals surface area contributed by atoms with Crippen LogP contribution in [0, 0.1) is 20.2 Å². The number of ether oxygens (including phenoxy) is 3. The van der Waals surface area contributed by atoms with E-state index < -0.39 is 28.0 Å². The first kappa shape index (κ1) is 37.5. The van der Waals surface area contributed by atoms with Crippen LogP contribution in [0.5, 0.6) is 5.75 Å². The van der Waals surface area contributed by atoms with Crippen molar-refractivity contribution in [3.63, 3.8) is 0 Å². The number of aliphatic imine (C=N–C) groups is 1. The van der Waals surface area contributed by atoms with Crippen molar-refractivity contribution in [3.8, 4) is 5.75 Å². The normalized spacial score (nSPS) is 18.6. The van der Waals surface area contributed by atoms with Crippen molar-refractivity contribution in [2.75, 3.05) is 26.7 Å². The molecule has 2 N–H and O–H groups in total. The number of likely N-dealkylation sites (tertiary alicyclic amines) is 2. The number of esters is 1. The van der Waals surface area contributed by atoms with Crippen LogP contribution in [0.4, 0.5) is 16.2 Å². The average Bonchev–Trinajstić information content (AvgIpc) is 3.80. The van der Waals surface area contributed by atoms with Gasteiger partial charge in [0.1, 0.15) is 37.3 Å². The van der Waals surface area contributed by atoms with E-state index in [4.69, 9.17) is 19.9 Å². The van der Waals surface area contributed by atoms with Crippen LogP contribution >= 0.6 is 11.8 Å². The first-order valence-corrected chi connectivity index (χ1v) is 17.4. The first-order valence-electron chi connectivity index (χ1n) is 16.4. The third-order valence-corrected chi connectivity index (χ3v) is 9.95. The quantitative estimate of drug-likeness (QED) is 0.0791. The van der Waals surface area contributed by atoms with Crippen molar-refractivity contribution in [2.45, 2.75) is 55.6 Å². The van der Waals surface area contributed by atoms with E-state index in [1.807, 2.05) is 24.3 Å². The number of nitro benzene ring substituents is 2. The molecule has 0 aromatic heterocycles. The standard InChI is InChI=1S/C35H38N6O10S/c1-49-29-12-6-25(7-13-29)22-52-30-16-31(39(19-30)35(44)51-21-24-4-10-28(11-5-24)41(47)48)34(43)38-15-14-26(18-38)37-32(36)17-33(42)50-20-23-2-8-27(9-3-23)40(45)46/h2-13,26,30-31H,14-22H2,1H3,(H2,36,37)/t26-,30-,31-/m0/s1. The number of benzene rings is 3. The molecule has 5 rings (SSSR count). The molecule has 274 valence electrons. The second kappa shape index (κ2) is 17.5. The molecule has 2 aliphatic heterocycles. The number of thioether (sulfide) groups is 1. The Morgan fingerprint density at radius 2 is 1.44 bits per heavy atom. The van der Waals surface area contributed by atoms with Gasteiger partial charge in [0.05, 0.1) is 23.0 Å². The number of carbonyl (C=O) groups is 3. The molecule has 52 heavy (non-hydrogen) atoms. The highest BCUT2D eigenvalue weighted by Gasteiger charge is 2.43. The minimum absolute atomic E-state index is 0.0490. The Balaban J connectivity index is 1.17. The van der Waals surface area contributed by atoms with E-state index in [0.717, 1.165) is 11.3 Å². The molecule has 2 heterocycles. The van der Waals surface area contributed by atoms with E-state index in [2.05, 4.69) is 4.99 Å². The van der Waals surface area contributed by atoms with E-state index in [-0.39, 0.29) is 60.6 Å². The molecule has 0 unspecified atom stereocenters. The smallest absolute Gasteiger partial charge is 0.410 e. The minimum atomic E-state index is -0.771. The minimum Gasteiger partial charge on any atom is -0.497 e. The summed E-state index contributed by atoms with van der Waals surface area (Å²) in [4.78, 5) is 68.0. The molecule has 0 saturated carbocycles. The summed E-state index contributed by atoms with van der Waals surface area (Å²) in [5.74, 6) is 0.616. The molecule has 0 bridgehead atoms. The summed E-state index contributed by atoms with van der Waals surface area (Å²) in [6.45, 7) is 0.734. The number of rotatable bonds is 14. The molecule has 17 heteroatoms. The van der Waals surface area contributed by atoms with Crippen molar-refractivity contribution in [1.29, 1.82) is 0 Å². The van der Waals surface area contributed by atoms with Crippen LogP contribution in [-0.4, -0.2) is 87.5 Å². The van der Waals surface area contributed by atoms with Gasteiger partial charge in [-0.3, -0.25) is 39.7 Å². The number of nitro groups is 2. The van der Waals surface area contributed by atoms with Crippen LogP contribution < -0.4 is 10.5 Å². The van der Waals surface area contributed by atoms with Crippen LogP contribution in [0.15, 0.2) is 77.8 Å². The maximum atomic E-state index is 13.9. The van der Waals surface area contributed by atoms with Crippen molar-refractivity contribution in [2.24, 2.45) is 10.7 Å². The van der Waals surface area contributed by atoms with E-state index in [1.54, 1.807) is 23.8 Å². The Morgan fingerprint density at radius 3 is 2.02 bits per heavy atom. The molecule has 2 fully saturated rings. The summed E-state index contributed by atoms with van der Waals surface area (Å²) >= 11 is 1.64. The van der Waals surface area contributed by atoms with E-state index in [9.17, 15) is 34.6 Å². The van der Waals surface area contributed by atoms with Crippen LogP contribution in [0.1, 0.15) is 36.0 Å². The molecule has 0 aliphatic carbocycles. The summed E-state index contributed by atoms with van der Waals surface area (Å²) in [5, 5.41) is 21.8. The van der Waals surface area contributed by atoms with Crippen LogP contribution in [-0.2, 0) is 38.0 Å². The van der Waals surface area contributed by atoms with Crippen LogP contribution in [0.2, 0.25) is 0 Å². The Hall–Kier alpha value is -5.71. The molecule has 2 saturated heterocycles. The van der Waals surface area contributed by atoms with Crippen molar-refractivity contribution in [3.05, 3.63) is 110 Å². The highest BCUT2D eigenvalue weighted by Crippen LogP contribution is 2.33. The van der Waals surface area contributed by atoms with Gasteiger partial charge in [-0.05, 0) is 65.9 Å². The summed E-state index contributed by atoms with van der Waals surface area (Å²) in [6, 6.07) is 17.9. The lowest BCUT2D eigenvalue weighted by Gasteiger charge is -2.27. The Kier molecular flexibility index (Phi) is 12.6. The fraction of sp³-hybridized carbons (Fsp3) is 0.371. The number of hydrogen-bond acceptors (Lipinski definition) is 12. The Morgan fingerprint density at radius 1 is 0.865 bits per heavy atom. The number of nitrogens with two attached hydrogens (primary N) is 1. The van der Waals surface area contributed by atoms with Crippen molar-refractivity contribution < 1.29 is 38.4 Å². The lowest BCUT2D eigenvalue weighted by atomic mass is 10.2. The largest absolute Gasteiger partial charge is 0.497 e. The topological polar surface area (TPSA) is 210 Å². The number of amides is 2. The maximum Gasteiger partial charge on any atom is 0.410 e. The fourth-order valence-electron chi connectivity index (χ4n) is 5.85. The second-order valence-electron chi connectivity index (χ2n) is 12.3. The highest BCUT2D eigenvalue weighted by atomic mass is 32.2. The van der Waals surface area contributed by atoms with Gasteiger partial charge in [0.25, 0.3) is 11.4 Å². The lowest BCUT2D eigenvalue weighted by Crippen LogP contribution is -2.47. The Bertz CT molecular complexity index is 1790. The molecular weight excluding hydrogens is 696 g/mol. The highest BCUT2D eigenvalue weighted by molar-refractivity contribution is 7.99. The van der Waals surface area contributed by atoms with Crippen LogP contribution in [0.3, 0.4) is 0 Å². The molecule has 3 aromatic carbocycles. The van der Waals surface area contributed by atoms with Gasteiger partial charge in [0, 0.05) is 54.9 Å². The molecule has 0 radical (unpaired) electrons. The summed E-state index contributed by atoms with van der Waals surface area (Å²) in [7, 11) is 1.60. The third kappa shape index (κ3) is 10.2. The van der Waals surface area contributed by atoms with E-state index >= 15 is 0 Å². The number of methoxy groups -OCH3 is 1. The summed E-state index contributed by atoms with van der Waals surface area (Å²) in [5.41, 5.74) is 8.13. The van der Waals surface area contributed by atoms with Gasteiger partial charge < -0.3 is 24.8 Å². The predicted molar refractivity (Wildman–Crippen MR) is 191 cm³/mol. The number of non-ortho nitro benzene ring substituents is 2. The van der Waals surface area contributed by atoms with Gasteiger partial charge in [0.15, 0.2) is 0 Å². The van der Waals surface area contributed by atoms with E-state index in [0.29, 0.717) is 42.8 Å².